The topological polar surface area (TPSA) is 26.3 Å². The maximum Gasteiger partial charge on any atom is 0.494 e. The third kappa shape index (κ3) is 4.49. The van der Waals surface area contributed by atoms with E-state index in [0.29, 0.717) is 0 Å². The van der Waals surface area contributed by atoms with Crippen molar-refractivity contribution in [1.82, 2.24) is 0 Å². The normalized spacial score (nSPS) is 15.3. The summed E-state index contributed by atoms with van der Waals surface area (Å²) in [5, 5.41) is 0. The van der Waals surface area contributed by atoms with Crippen LogP contribution in [-0.4, -0.2) is 6.10 Å². The van der Waals surface area contributed by atoms with Crippen LogP contribution in [0.1, 0.15) is 40.5 Å². The average Bonchev–Trinajstić information content (AvgIpc) is 1.85. The molecule has 0 aliphatic rings. The van der Waals surface area contributed by atoms with Gasteiger partial charge < -0.3 is 0 Å². The van der Waals surface area contributed by atoms with Crippen molar-refractivity contribution in [3.63, 3.8) is 0 Å². The van der Waals surface area contributed by atoms with Crippen molar-refractivity contribution in [3.05, 3.63) is 0 Å². The Balaban J connectivity index is 3.97. The standard InChI is InChI=1S/C8H18O2P/c1-5-6-7(10-11-9)8(2,3)4/h7,11H,5-6H2,1-4H3/q+1. The molecule has 3 heteroatoms. The van der Waals surface area contributed by atoms with Crippen LogP contribution in [-0.2, 0) is 9.09 Å². The van der Waals surface area contributed by atoms with Gasteiger partial charge in [-0.3, -0.25) is 0 Å². The molecule has 2 unspecified atom stereocenters. The number of hydrogen-bond donors (Lipinski definition) is 0. The summed E-state index contributed by atoms with van der Waals surface area (Å²) in [5.74, 6) is 0. The molecule has 0 aliphatic carbocycles. The second-order valence-electron chi connectivity index (χ2n) is 3.84. The smallest absolute Gasteiger partial charge is 0.144 e. The summed E-state index contributed by atoms with van der Waals surface area (Å²) in [7, 11) is -0.629. The lowest BCUT2D eigenvalue weighted by Crippen LogP contribution is -2.26. The largest absolute Gasteiger partial charge is 0.494 e. The molecule has 0 aromatic carbocycles. The SMILES string of the molecule is CCCC(O[PH+]=O)C(C)(C)C. The lowest BCUT2D eigenvalue weighted by Gasteiger charge is -2.24. The maximum atomic E-state index is 10.3. The molecule has 0 saturated carbocycles. The molecule has 2 atom stereocenters. The van der Waals surface area contributed by atoms with E-state index in [1.807, 2.05) is 0 Å². The predicted octanol–water partition coefficient (Wildman–Crippen LogP) is 3.16. The molecule has 0 heterocycles. The van der Waals surface area contributed by atoms with Gasteiger partial charge in [0.1, 0.15) is 6.10 Å². The van der Waals surface area contributed by atoms with Crippen molar-refractivity contribution in [1.29, 1.82) is 0 Å². The Bertz CT molecular complexity index is 118. The Labute approximate surface area is 70.6 Å². The summed E-state index contributed by atoms with van der Waals surface area (Å²) in [5.41, 5.74) is 0.105. The fourth-order valence-electron chi connectivity index (χ4n) is 0.989. The Morgan fingerprint density at radius 3 is 2.27 bits per heavy atom. The van der Waals surface area contributed by atoms with Crippen molar-refractivity contribution in [3.8, 4) is 0 Å². The molecule has 2 nitrogen and oxygen atoms in total. The second-order valence-corrected chi connectivity index (χ2v) is 4.25. The van der Waals surface area contributed by atoms with E-state index in [0.717, 1.165) is 12.8 Å². The fourth-order valence-corrected chi connectivity index (χ4v) is 1.58. The van der Waals surface area contributed by atoms with Gasteiger partial charge in [0, 0.05) is 0 Å². The summed E-state index contributed by atoms with van der Waals surface area (Å²) in [6.07, 6.45) is 2.19. The first-order chi connectivity index (χ1) is 5.02. The summed E-state index contributed by atoms with van der Waals surface area (Å²) >= 11 is 0. The molecule has 0 spiro atoms. The van der Waals surface area contributed by atoms with Crippen LogP contribution in [0.15, 0.2) is 0 Å². The summed E-state index contributed by atoms with van der Waals surface area (Å²) in [4.78, 5) is 0. The van der Waals surface area contributed by atoms with Crippen LogP contribution in [0.2, 0.25) is 0 Å². The highest BCUT2D eigenvalue weighted by atomic mass is 31.1. The van der Waals surface area contributed by atoms with E-state index < -0.39 is 8.69 Å². The first-order valence-electron chi connectivity index (χ1n) is 4.05. The van der Waals surface area contributed by atoms with E-state index in [-0.39, 0.29) is 11.5 Å². The summed E-state index contributed by atoms with van der Waals surface area (Å²) < 4.78 is 15.4. The average molecular weight is 177 g/mol. The van der Waals surface area contributed by atoms with Gasteiger partial charge in [0.2, 0.25) is 0 Å². The lowest BCUT2D eigenvalue weighted by molar-refractivity contribution is 0.0913. The zero-order valence-corrected chi connectivity index (χ0v) is 8.81. The summed E-state index contributed by atoms with van der Waals surface area (Å²) in [6, 6.07) is 0. The number of hydrogen-bond acceptors (Lipinski definition) is 2. The highest BCUT2D eigenvalue weighted by molar-refractivity contribution is 7.17. The van der Waals surface area contributed by atoms with Crippen LogP contribution >= 0.6 is 8.69 Å². The zero-order valence-electron chi connectivity index (χ0n) is 7.81. The zero-order chi connectivity index (χ0) is 8.91. The molecule has 0 N–H and O–H groups in total. The van der Waals surface area contributed by atoms with Crippen molar-refractivity contribution >= 4 is 8.69 Å². The molecule has 0 aliphatic heterocycles. The molecule has 0 aromatic heterocycles. The van der Waals surface area contributed by atoms with Crippen LogP contribution in [0, 0.1) is 5.41 Å². The molecule has 66 valence electrons. The van der Waals surface area contributed by atoms with Crippen LogP contribution < -0.4 is 0 Å². The molecule has 0 bridgehead atoms. The molecule has 11 heavy (non-hydrogen) atoms. The molecule has 0 saturated heterocycles. The van der Waals surface area contributed by atoms with E-state index in [4.69, 9.17) is 4.52 Å². The van der Waals surface area contributed by atoms with Gasteiger partial charge in [-0.2, -0.15) is 0 Å². The highest BCUT2D eigenvalue weighted by Crippen LogP contribution is 2.28. The van der Waals surface area contributed by atoms with Crippen LogP contribution in [0.5, 0.6) is 0 Å². The van der Waals surface area contributed by atoms with Crippen LogP contribution in [0.25, 0.3) is 0 Å². The molecule has 0 rings (SSSR count). The Morgan fingerprint density at radius 1 is 1.45 bits per heavy atom. The molecule has 0 radical (unpaired) electrons. The minimum absolute atomic E-state index is 0.105. The lowest BCUT2D eigenvalue weighted by atomic mass is 9.87. The molecule has 0 fully saturated rings. The van der Waals surface area contributed by atoms with Gasteiger partial charge in [-0.15, -0.1) is 4.52 Å². The second kappa shape index (κ2) is 4.84. The molecule has 0 amide bonds. The van der Waals surface area contributed by atoms with Crippen molar-refractivity contribution in [2.24, 2.45) is 5.41 Å². The van der Waals surface area contributed by atoms with Crippen LogP contribution in [0.4, 0.5) is 0 Å². The monoisotopic (exact) mass is 177 g/mol. The van der Waals surface area contributed by atoms with Crippen molar-refractivity contribution in [2.75, 3.05) is 0 Å². The Kier molecular flexibility index (Phi) is 4.87. The Hall–Kier alpha value is 0.0600. The molecular formula is C8H18O2P+. The van der Waals surface area contributed by atoms with E-state index >= 15 is 0 Å². The van der Waals surface area contributed by atoms with Gasteiger partial charge in [-0.1, -0.05) is 34.1 Å². The van der Waals surface area contributed by atoms with E-state index in [1.165, 1.54) is 0 Å². The third-order valence-corrected chi connectivity index (χ3v) is 2.09. The van der Waals surface area contributed by atoms with E-state index in [9.17, 15) is 4.57 Å². The van der Waals surface area contributed by atoms with Gasteiger partial charge in [-0.05, 0) is 16.4 Å². The molecule has 0 aromatic rings. The van der Waals surface area contributed by atoms with Crippen LogP contribution in [0.3, 0.4) is 0 Å². The Morgan fingerprint density at radius 2 is 2.00 bits per heavy atom. The maximum absolute atomic E-state index is 10.3. The van der Waals surface area contributed by atoms with Crippen molar-refractivity contribution < 1.29 is 9.09 Å². The fraction of sp³-hybridized carbons (Fsp3) is 1.00. The van der Waals surface area contributed by atoms with Gasteiger partial charge in [-0.25, -0.2) is 0 Å². The van der Waals surface area contributed by atoms with Gasteiger partial charge in [0.25, 0.3) is 0 Å². The quantitative estimate of drug-likeness (QED) is 0.616. The van der Waals surface area contributed by atoms with Gasteiger partial charge in [0.15, 0.2) is 0 Å². The summed E-state index contributed by atoms with van der Waals surface area (Å²) in [6.45, 7) is 8.42. The van der Waals surface area contributed by atoms with Crippen molar-refractivity contribution in [2.45, 2.75) is 46.6 Å². The first kappa shape index (κ1) is 11.1. The van der Waals surface area contributed by atoms with Gasteiger partial charge >= 0.3 is 8.69 Å². The minimum atomic E-state index is -0.629. The third-order valence-electron chi connectivity index (χ3n) is 1.71. The minimum Gasteiger partial charge on any atom is -0.144 e. The molecular weight excluding hydrogens is 159 g/mol. The first-order valence-corrected chi connectivity index (χ1v) is 4.86. The van der Waals surface area contributed by atoms with E-state index in [1.54, 1.807) is 0 Å². The number of rotatable bonds is 4. The predicted molar refractivity (Wildman–Crippen MR) is 48.2 cm³/mol. The van der Waals surface area contributed by atoms with E-state index in [2.05, 4.69) is 27.7 Å². The van der Waals surface area contributed by atoms with Gasteiger partial charge in [0.05, 0.1) is 0 Å². The highest BCUT2D eigenvalue weighted by Gasteiger charge is 2.27.